The van der Waals surface area contributed by atoms with Crippen LogP contribution in [0.4, 0.5) is 14.9 Å². The summed E-state index contributed by atoms with van der Waals surface area (Å²) in [5.41, 5.74) is 3.69. The van der Waals surface area contributed by atoms with Crippen molar-refractivity contribution in [3.63, 3.8) is 0 Å². The van der Waals surface area contributed by atoms with Crippen LogP contribution in [0, 0.1) is 5.82 Å². The summed E-state index contributed by atoms with van der Waals surface area (Å²) >= 11 is 0. The summed E-state index contributed by atoms with van der Waals surface area (Å²) in [4.78, 5) is 54.3. The number of nitrogens with one attached hydrogen (secondary N) is 1. The van der Waals surface area contributed by atoms with E-state index < -0.39 is 23.8 Å². The molecule has 186 valence electrons. The number of fused-ring (bicyclic) bond motifs is 2. The molecule has 4 heterocycles. The molecule has 9 nitrogen and oxygen atoms in total. The summed E-state index contributed by atoms with van der Waals surface area (Å²) in [7, 11) is 0. The van der Waals surface area contributed by atoms with E-state index in [1.807, 2.05) is 12.1 Å². The van der Waals surface area contributed by atoms with Crippen molar-refractivity contribution in [2.45, 2.75) is 38.3 Å². The van der Waals surface area contributed by atoms with Crippen molar-refractivity contribution >= 4 is 29.4 Å². The lowest BCUT2D eigenvalue weighted by Gasteiger charge is -2.38. The summed E-state index contributed by atoms with van der Waals surface area (Å²) in [5, 5.41) is 3.98. The Morgan fingerprint density at radius 2 is 1.64 bits per heavy atom. The van der Waals surface area contributed by atoms with Gasteiger partial charge < -0.3 is 4.90 Å². The van der Waals surface area contributed by atoms with Crippen LogP contribution in [0.5, 0.6) is 0 Å². The summed E-state index contributed by atoms with van der Waals surface area (Å²) in [6.45, 7) is 3.35. The molecule has 2 aromatic rings. The molecule has 2 aromatic carbocycles. The molecule has 0 saturated carbocycles. The van der Waals surface area contributed by atoms with Gasteiger partial charge in [-0.25, -0.2) is 14.2 Å². The third-order valence-corrected chi connectivity index (χ3v) is 7.58. The van der Waals surface area contributed by atoms with Gasteiger partial charge >= 0.3 is 6.03 Å². The predicted octanol–water partition coefficient (Wildman–Crippen LogP) is 2.31. The number of nitrogens with zero attached hydrogens (tertiary/aromatic N) is 4. The fourth-order valence-corrected chi connectivity index (χ4v) is 5.76. The third kappa shape index (κ3) is 3.81. The zero-order valence-corrected chi connectivity index (χ0v) is 19.7. The minimum atomic E-state index is -0.769. The van der Waals surface area contributed by atoms with Gasteiger partial charge in [-0.05, 0) is 60.7 Å². The second-order valence-corrected chi connectivity index (χ2v) is 9.75. The van der Waals surface area contributed by atoms with Crippen LogP contribution in [0.15, 0.2) is 36.4 Å². The van der Waals surface area contributed by atoms with Gasteiger partial charge in [0, 0.05) is 44.3 Å². The van der Waals surface area contributed by atoms with Crippen molar-refractivity contribution in [1.82, 2.24) is 20.2 Å². The highest BCUT2D eigenvalue weighted by Crippen LogP contribution is 2.33. The Morgan fingerprint density at radius 3 is 2.42 bits per heavy atom. The van der Waals surface area contributed by atoms with Gasteiger partial charge in [0.1, 0.15) is 5.82 Å². The molecule has 2 saturated heterocycles. The Hall–Kier alpha value is -3.79. The van der Waals surface area contributed by atoms with Crippen molar-refractivity contribution in [2.75, 3.05) is 31.1 Å². The molecular formula is C26H26FN5O4. The number of imide groups is 2. The number of hydrogen-bond donors (Lipinski definition) is 1. The van der Waals surface area contributed by atoms with Crippen LogP contribution < -0.4 is 10.2 Å². The molecule has 4 aliphatic heterocycles. The summed E-state index contributed by atoms with van der Waals surface area (Å²) in [6.07, 6.45) is 2.90. The van der Waals surface area contributed by atoms with Crippen LogP contribution in [-0.4, -0.2) is 70.9 Å². The van der Waals surface area contributed by atoms with Crippen LogP contribution in [0.1, 0.15) is 51.1 Å². The van der Waals surface area contributed by atoms with Crippen molar-refractivity contribution in [1.29, 1.82) is 0 Å². The van der Waals surface area contributed by atoms with Crippen LogP contribution in [0.3, 0.4) is 0 Å². The van der Waals surface area contributed by atoms with E-state index in [-0.39, 0.29) is 29.9 Å². The van der Waals surface area contributed by atoms with Gasteiger partial charge in [0.2, 0.25) is 5.91 Å². The van der Waals surface area contributed by atoms with Crippen LogP contribution >= 0.6 is 0 Å². The van der Waals surface area contributed by atoms with Gasteiger partial charge in [0.15, 0.2) is 0 Å². The number of anilines is 1. The van der Waals surface area contributed by atoms with E-state index in [9.17, 15) is 23.6 Å². The molecule has 10 heteroatoms. The van der Waals surface area contributed by atoms with Gasteiger partial charge in [0.25, 0.3) is 11.8 Å². The third-order valence-electron chi connectivity index (χ3n) is 7.58. The molecule has 36 heavy (non-hydrogen) atoms. The topological polar surface area (TPSA) is 93.3 Å². The maximum atomic E-state index is 13.6. The summed E-state index contributed by atoms with van der Waals surface area (Å²) in [5.74, 6) is -1.72. The van der Waals surface area contributed by atoms with E-state index in [1.54, 1.807) is 18.2 Å². The molecular weight excluding hydrogens is 465 g/mol. The first kappa shape index (κ1) is 22.7. The van der Waals surface area contributed by atoms with E-state index in [2.05, 4.69) is 15.1 Å². The molecule has 0 spiro atoms. The smallest absolute Gasteiger partial charge is 0.343 e. The molecule has 5 amide bonds. The lowest BCUT2D eigenvalue weighted by atomic mass is 10.0. The average molecular weight is 492 g/mol. The molecule has 0 aliphatic carbocycles. The monoisotopic (exact) mass is 491 g/mol. The second kappa shape index (κ2) is 8.70. The highest BCUT2D eigenvalue weighted by atomic mass is 19.1. The normalized spacial score (nSPS) is 20.8. The molecule has 2 fully saturated rings. The second-order valence-electron chi connectivity index (χ2n) is 9.75. The zero-order valence-electron chi connectivity index (χ0n) is 19.7. The molecule has 0 aromatic heterocycles. The van der Waals surface area contributed by atoms with Crippen molar-refractivity contribution in [3.05, 3.63) is 64.5 Å². The number of hydrogen-bond acceptors (Lipinski definition) is 6. The van der Waals surface area contributed by atoms with E-state index in [0.717, 1.165) is 65.7 Å². The highest BCUT2D eigenvalue weighted by Gasteiger charge is 2.43. The van der Waals surface area contributed by atoms with Gasteiger partial charge in [-0.2, -0.15) is 5.01 Å². The Labute approximate surface area is 207 Å². The molecule has 0 unspecified atom stereocenters. The van der Waals surface area contributed by atoms with Crippen molar-refractivity contribution < 1.29 is 23.6 Å². The number of halogens is 1. The first-order valence-corrected chi connectivity index (χ1v) is 12.3. The van der Waals surface area contributed by atoms with Gasteiger partial charge in [0.05, 0.1) is 17.7 Å². The molecule has 0 bridgehead atoms. The van der Waals surface area contributed by atoms with E-state index in [1.165, 1.54) is 6.07 Å². The number of rotatable bonds is 4. The molecule has 4 aliphatic rings. The summed E-state index contributed by atoms with van der Waals surface area (Å²) in [6, 6.07) is 9.95. The molecule has 0 atom stereocenters. The Kier molecular flexibility index (Phi) is 5.48. The fourth-order valence-electron chi connectivity index (χ4n) is 5.76. The predicted molar refractivity (Wildman–Crippen MR) is 128 cm³/mol. The number of likely N-dealkylation sites (tertiary alicyclic amines) is 1. The van der Waals surface area contributed by atoms with Crippen LogP contribution in [0.2, 0.25) is 0 Å². The van der Waals surface area contributed by atoms with Crippen LogP contribution in [0.25, 0.3) is 0 Å². The number of urea groups is 1. The van der Waals surface area contributed by atoms with Crippen molar-refractivity contribution in [3.8, 4) is 0 Å². The number of carbonyl (C=O) groups is 4. The Morgan fingerprint density at radius 1 is 0.861 bits per heavy atom. The lowest BCUT2D eigenvalue weighted by Crippen LogP contribution is -2.58. The number of amides is 5. The lowest BCUT2D eigenvalue weighted by molar-refractivity contribution is -0.122. The first-order valence-electron chi connectivity index (χ1n) is 12.3. The fraction of sp³-hybridized carbons (Fsp3) is 0.385. The average Bonchev–Trinajstić information content (AvgIpc) is 3.38. The molecule has 6 rings (SSSR count). The molecule has 0 radical (unpaired) electrons. The van der Waals surface area contributed by atoms with Gasteiger partial charge in [-0.15, -0.1) is 0 Å². The maximum absolute atomic E-state index is 13.6. The Bertz CT molecular complexity index is 1290. The summed E-state index contributed by atoms with van der Waals surface area (Å²) < 4.78 is 13.6. The Balaban J connectivity index is 1.10. The van der Waals surface area contributed by atoms with E-state index in [4.69, 9.17) is 0 Å². The standard InChI is InChI=1S/C26H26FN5O4/c27-18-2-4-22-17(14-18)5-11-30(22)19-6-9-29(10-7-19)15-16-1-3-20-21(13-16)25(35)32(24(20)34)31-12-8-23(33)28-26(31)36/h1-4,13-14,19H,5-12,15H2,(H,28,33,36). The number of hydrazine groups is 1. The van der Waals surface area contributed by atoms with Gasteiger partial charge in [-0.1, -0.05) is 6.07 Å². The van der Waals surface area contributed by atoms with E-state index >= 15 is 0 Å². The minimum absolute atomic E-state index is 0.0195. The number of carbonyl (C=O) groups excluding carboxylic acids is 4. The molecule has 1 N–H and O–H groups in total. The first-order chi connectivity index (χ1) is 17.4. The minimum Gasteiger partial charge on any atom is -0.368 e. The number of benzene rings is 2. The quantitative estimate of drug-likeness (QED) is 0.660. The zero-order chi connectivity index (χ0) is 25.0. The number of piperidine rings is 1. The van der Waals surface area contributed by atoms with Crippen molar-refractivity contribution in [2.24, 2.45) is 0 Å². The SMILES string of the molecule is O=C1CCN(N2C(=O)c3ccc(CN4CCC(N5CCc6cc(F)ccc65)CC4)cc3C2=O)C(=O)N1. The largest absolute Gasteiger partial charge is 0.368 e. The van der Waals surface area contributed by atoms with Crippen LogP contribution in [-0.2, 0) is 17.8 Å². The highest BCUT2D eigenvalue weighted by molar-refractivity contribution is 6.22. The maximum Gasteiger partial charge on any atom is 0.343 e. The van der Waals surface area contributed by atoms with Gasteiger partial charge in [-0.3, -0.25) is 24.6 Å². The van der Waals surface area contributed by atoms with E-state index in [0.29, 0.717) is 12.6 Å².